The molecule has 0 aliphatic heterocycles. The first-order chi connectivity index (χ1) is 11.8. The quantitative estimate of drug-likeness (QED) is 0.742. The molecule has 0 aliphatic carbocycles. The number of aromatic nitrogens is 2. The molecule has 0 unspecified atom stereocenters. The van der Waals surface area contributed by atoms with Gasteiger partial charge in [-0.3, -0.25) is 9.69 Å². The Labute approximate surface area is 143 Å². The van der Waals surface area contributed by atoms with Crippen LogP contribution in [0.3, 0.4) is 0 Å². The molecule has 1 aromatic heterocycles. The first-order valence-electron chi connectivity index (χ1n) is 7.72. The van der Waals surface area contributed by atoms with Gasteiger partial charge in [-0.25, -0.2) is 0 Å². The number of primary amides is 1. The van der Waals surface area contributed by atoms with Gasteiger partial charge in [0.05, 0.1) is 18.7 Å². The highest BCUT2D eigenvalue weighted by atomic mass is 19.3. The molecule has 2 rings (SSSR count). The monoisotopic (exact) mass is 354 g/mol. The Bertz CT molecular complexity index is 706. The fourth-order valence-corrected chi connectivity index (χ4v) is 2.39. The molecule has 7 nitrogen and oxygen atoms in total. The molecule has 25 heavy (non-hydrogen) atoms. The molecule has 9 heteroatoms. The molecule has 0 atom stereocenters. The van der Waals surface area contributed by atoms with Crippen LogP contribution in [0.5, 0.6) is 5.75 Å². The van der Waals surface area contributed by atoms with E-state index in [0.717, 1.165) is 0 Å². The summed E-state index contributed by atoms with van der Waals surface area (Å²) in [5, 5.41) is 3.81. The van der Waals surface area contributed by atoms with Crippen molar-refractivity contribution >= 4 is 5.91 Å². The second-order valence-electron chi connectivity index (χ2n) is 5.92. The lowest BCUT2D eigenvalue weighted by atomic mass is 10.2. The van der Waals surface area contributed by atoms with Gasteiger partial charge < -0.3 is 15.0 Å². The summed E-state index contributed by atoms with van der Waals surface area (Å²) in [4.78, 5) is 17.2. The molecule has 1 aromatic carbocycles. The lowest BCUT2D eigenvalue weighted by Crippen LogP contribution is -2.35. The van der Waals surface area contributed by atoms with Crippen LogP contribution in [0, 0.1) is 5.92 Å². The van der Waals surface area contributed by atoms with Crippen LogP contribution in [-0.4, -0.2) is 40.6 Å². The third-order valence-corrected chi connectivity index (χ3v) is 3.17. The molecular formula is C16H20F2N4O3. The Morgan fingerprint density at radius 1 is 1.36 bits per heavy atom. The predicted octanol–water partition coefficient (Wildman–Crippen LogP) is 2.28. The number of ether oxygens (including phenoxy) is 1. The van der Waals surface area contributed by atoms with Gasteiger partial charge in [-0.2, -0.15) is 13.8 Å². The smallest absolute Gasteiger partial charge is 0.387 e. The zero-order chi connectivity index (χ0) is 18.4. The highest BCUT2D eigenvalue weighted by molar-refractivity contribution is 5.75. The van der Waals surface area contributed by atoms with E-state index >= 15 is 0 Å². The predicted molar refractivity (Wildman–Crippen MR) is 85.7 cm³/mol. The lowest BCUT2D eigenvalue weighted by Gasteiger charge is -2.20. The van der Waals surface area contributed by atoms with E-state index in [9.17, 15) is 13.6 Å². The number of hydrogen-bond donors (Lipinski definition) is 1. The van der Waals surface area contributed by atoms with Crippen LogP contribution in [0.1, 0.15) is 19.7 Å². The number of nitrogens with zero attached hydrogens (tertiary/aromatic N) is 3. The van der Waals surface area contributed by atoms with Crippen LogP contribution < -0.4 is 10.5 Å². The standard InChI is InChI=1S/C16H20F2N4O3/c1-10(2)7-22(8-13(19)23)9-14-20-15(21-25-14)11-5-3-4-6-12(11)24-16(17)18/h3-6,10,16H,7-9H2,1-2H3,(H2,19,23). The first kappa shape index (κ1) is 18.8. The Balaban J connectivity index is 2.17. The average molecular weight is 354 g/mol. The van der Waals surface area contributed by atoms with Crippen LogP contribution in [0.25, 0.3) is 11.4 Å². The van der Waals surface area contributed by atoms with Gasteiger partial charge in [0.25, 0.3) is 0 Å². The number of para-hydroxylation sites is 1. The van der Waals surface area contributed by atoms with Gasteiger partial charge in [0.15, 0.2) is 0 Å². The van der Waals surface area contributed by atoms with Crippen LogP contribution in [0.4, 0.5) is 8.78 Å². The zero-order valence-electron chi connectivity index (χ0n) is 14.0. The number of carbonyl (C=O) groups excluding carboxylic acids is 1. The van der Waals surface area contributed by atoms with E-state index in [2.05, 4.69) is 14.9 Å². The van der Waals surface area contributed by atoms with E-state index in [4.69, 9.17) is 10.3 Å². The van der Waals surface area contributed by atoms with Crippen molar-refractivity contribution in [2.75, 3.05) is 13.1 Å². The molecule has 2 N–H and O–H groups in total. The van der Waals surface area contributed by atoms with Crippen molar-refractivity contribution in [1.29, 1.82) is 0 Å². The summed E-state index contributed by atoms with van der Waals surface area (Å²) < 4.78 is 34.6. The summed E-state index contributed by atoms with van der Waals surface area (Å²) in [5.41, 5.74) is 5.54. The minimum atomic E-state index is -2.95. The zero-order valence-corrected chi connectivity index (χ0v) is 14.0. The summed E-state index contributed by atoms with van der Waals surface area (Å²) in [5.74, 6) is 0.192. The maximum Gasteiger partial charge on any atom is 0.387 e. The van der Waals surface area contributed by atoms with Crippen molar-refractivity contribution in [1.82, 2.24) is 15.0 Å². The van der Waals surface area contributed by atoms with Crippen molar-refractivity contribution in [2.24, 2.45) is 11.7 Å². The number of rotatable bonds is 9. The molecule has 2 aromatic rings. The topological polar surface area (TPSA) is 94.5 Å². The highest BCUT2D eigenvalue weighted by Crippen LogP contribution is 2.28. The van der Waals surface area contributed by atoms with Crippen LogP contribution in [0.2, 0.25) is 0 Å². The number of alkyl halides is 2. The van der Waals surface area contributed by atoms with Gasteiger partial charge in [0.2, 0.25) is 17.6 Å². The molecule has 1 heterocycles. The highest BCUT2D eigenvalue weighted by Gasteiger charge is 2.18. The third-order valence-electron chi connectivity index (χ3n) is 3.17. The van der Waals surface area contributed by atoms with Crippen LogP contribution in [-0.2, 0) is 11.3 Å². The summed E-state index contributed by atoms with van der Waals surface area (Å²) in [7, 11) is 0. The van der Waals surface area contributed by atoms with Crippen molar-refractivity contribution < 1.29 is 22.8 Å². The van der Waals surface area contributed by atoms with Crippen molar-refractivity contribution in [3.63, 3.8) is 0 Å². The molecule has 1 amide bonds. The number of amides is 1. The summed E-state index contributed by atoms with van der Waals surface area (Å²) in [6, 6.07) is 6.18. The first-order valence-corrected chi connectivity index (χ1v) is 7.72. The van der Waals surface area contributed by atoms with E-state index in [0.29, 0.717) is 18.0 Å². The molecule has 0 fully saturated rings. The van der Waals surface area contributed by atoms with Crippen LogP contribution in [0.15, 0.2) is 28.8 Å². The van der Waals surface area contributed by atoms with Gasteiger partial charge >= 0.3 is 6.61 Å². The number of nitrogens with two attached hydrogens (primary N) is 1. The van der Waals surface area contributed by atoms with Gasteiger partial charge in [-0.05, 0) is 18.1 Å². The molecule has 0 saturated heterocycles. The van der Waals surface area contributed by atoms with Crippen LogP contribution >= 0.6 is 0 Å². The summed E-state index contributed by atoms with van der Waals surface area (Å²) in [6.45, 7) is 1.96. The minimum Gasteiger partial charge on any atom is -0.434 e. The Morgan fingerprint density at radius 3 is 2.72 bits per heavy atom. The van der Waals surface area contributed by atoms with E-state index in [1.54, 1.807) is 23.1 Å². The molecule has 0 spiro atoms. The third kappa shape index (κ3) is 5.79. The Kier molecular flexibility index (Phi) is 6.40. The van der Waals surface area contributed by atoms with E-state index < -0.39 is 12.5 Å². The van der Waals surface area contributed by atoms with Gasteiger partial charge in [-0.1, -0.05) is 31.1 Å². The fourth-order valence-electron chi connectivity index (χ4n) is 2.39. The number of benzene rings is 1. The van der Waals surface area contributed by atoms with E-state index in [1.165, 1.54) is 6.07 Å². The lowest BCUT2D eigenvalue weighted by molar-refractivity contribution is -0.119. The number of hydrogen-bond acceptors (Lipinski definition) is 6. The molecule has 0 saturated carbocycles. The summed E-state index contributed by atoms with van der Waals surface area (Å²) >= 11 is 0. The fraction of sp³-hybridized carbons (Fsp3) is 0.438. The molecule has 0 bridgehead atoms. The van der Waals surface area contributed by atoms with Gasteiger partial charge in [-0.15, -0.1) is 0 Å². The Morgan fingerprint density at radius 2 is 2.08 bits per heavy atom. The SMILES string of the molecule is CC(C)CN(CC(N)=O)Cc1nc(-c2ccccc2OC(F)F)no1. The molecular weight excluding hydrogens is 334 g/mol. The van der Waals surface area contributed by atoms with Gasteiger partial charge in [0.1, 0.15) is 5.75 Å². The summed E-state index contributed by atoms with van der Waals surface area (Å²) in [6.07, 6.45) is 0. The average Bonchev–Trinajstić information content (AvgIpc) is 2.94. The molecule has 0 radical (unpaired) electrons. The van der Waals surface area contributed by atoms with Gasteiger partial charge in [0, 0.05) is 6.54 Å². The second kappa shape index (κ2) is 8.52. The normalized spacial score (nSPS) is 11.5. The largest absolute Gasteiger partial charge is 0.434 e. The Hall–Kier alpha value is -2.55. The molecule has 136 valence electrons. The van der Waals surface area contributed by atoms with Crippen molar-refractivity contribution in [3.8, 4) is 17.1 Å². The number of halogens is 2. The maximum absolute atomic E-state index is 12.5. The number of carbonyl (C=O) groups is 1. The minimum absolute atomic E-state index is 0.0407. The van der Waals surface area contributed by atoms with Crippen molar-refractivity contribution in [3.05, 3.63) is 30.2 Å². The van der Waals surface area contributed by atoms with E-state index in [-0.39, 0.29) is 30.6 Å². The second-order valence-corrected chi connectivity index (χ2v) is 5.92. The molecule has 0 aliphatic rings. The maximum atomic E-state index is 12.5. The van der Waals surface area contributed by atoms with E-state index in [1.807, 2.05) is 13.8 Å². The van der Waals surface area contributed by atoms with Crippen molar-refractivity contribution in [2.45, 2.75) is 27.0 Å².